The molecule has 0 unspecified atom stereocenters. The van der Waals surface area contributed by atoms with Gasteiger partial charge in [-0.3, -0.25) is 4.79 Å². The topological polar surface area (TPSA) is 66.4 Å². The van der Waals surface area contributed by atoms with E-state index in [0.717, 1.165) is 65.4 Å². The van der Waals surface area contributed by atoms with Gasteiger partial charge in [-0.25, -0.2) is 4.98 Å². The Morgan fingerprint density at radius 1 is 1.17 bits per heavy atom. The summed E-state index contributed by atoms with van der Waals surface area (Å²) >= 11 is 6.29. The summed E-state index contributed by atoms with van der Waals surface area (Å²) in [7, 11) is 4.02. The number of aromatic amines is 1. The van der Waals surface area contributed by atoms with E-state index in [-0.39, 0.29) is 11.6 Å². The molecule has 1 fully saturated rings. The number of ether oxygens (including phenoxy) is 1. The van der Waals surface area contributed by atoms with Crippen LogP contribution in [-0.2, 0) is 4.74 Å². The number of benzene rings is 1. The fourth-order valence-corrected chi connectivity index (χ4v) is 5.09. The minimum absolute atomic E-state index is 0.0431. The molecular weight excluding hydrogens is 462 g/mol. The largest absolute Gasteiger partial charge is 0.378 e. The predicted octanol–water partition coefficient (Wildman–Crippen LogP) is 4.34. The van der Waals surface area contributed by atoms with Gasteiger partial charge in [-0.15, -0.1) is 0 Å². The van der Waals surface area contributed by atoms with Gasteiger partial charge in [-0.2, -0.15) is 0 Å². The van der Waals surface area contributed by atoms with Crippen LogP contribution in [0, 0.1) is 6.92 Å². The summed E-state index contributed by atoms with van der Waals surface area (Å²) in [6.45, 7) is 5.80. The molecule has 182 valence electrons. The summed E-state index contributed by atoms with van der Waals surface area (Å²) in [6.07, 6.45) is 3.83. The van der Waals surface area contributed by atoms with Gasteiger partial charge >= 0.3 is 0 Å². The van der Waals surface area contributed by atoms with Crippen molar-refractivity contribution in [2.45, 2.75) is 13.0 Å². The van der Waals surface area contributed by atoms with Crippen molar-refractivity contribution in [2.75, 3.05) is 51.8 Å². The first-order chi connectivity index (χ1) is 16.9. The van der Waals surface area contributed by atoms with Crippen molar-refractivity contribution in [1.29, 1.82) is 0 Å². The molecule has 0 bridgehead atoms. The van der Waals surface area contributed by atoms with E-state index in [1.165, 1.54) is 0 Å². The third-order valence-corrected chi connectivity index (χ3v) is 6.78. The van der Waals surface area contributed by atoms with Crippen LogP contribution in [0.25, 0.3) is 22.2 Å². The van der Waals surface area contributed by atoms with Crippen LogP contribution >= 0.6 is 11.6 Å². The summed E-state index contributed by atoms with van der Waals surface area (Å²) in [6, 6.07) is 13.6. The highest BCUT2D eigenvalue weighted by molar-refractivity contribution is 6.30. The summed E-state index contributed by atoms with van der Waals surface area (Å²) in [5.74, 6) is 0. The van der Waals surface area contributed by atoms with Crippen molar-refractivity contribution in [3.05, 3.63) is 81.5 Å². The molecule has 0 saturated carbocycles. The number of halogens is 1. The average molecular weight is 492 g/mol. The fraction of sp³-hybridized carbons (Fsp3) is 0.333. The Hall–Kier alpha value is -3.13. The van der Waals surface area contributed by atoms with Gasteiger partial charge in [-0.1, -0.05) is 23.7 Å². The van der Waals surface area contributed by atoms with Crippen LogP contribution in [0.2, 0.25) is 5.02 Å². The number of H-pyrrole nitrogens is 1. The lowest BCUT2D eigenvalue weighted by atomic mass is 10.0. The molecule has 1 saturated heterocycles. The monoisotopic (exact) mass is 491 g/mol. The summed E-state index contributed by atoms with van der Waals surface area (Å²) in [4.78, 5) is 25.8. The van der Waals surface area contributed by atoms with Crippen molar-refractivity contribution >= 4 is 28.3 Å². The van der Waals surface area contributed by atoms with Gasteiger partial charge in [0, 0.05) is 53.6 Å². The van der Waals surface area contributed by atoms with Crippen LogP contribution in [0.15, 0.2) is 59.7 Å². The molecule has 4 aromatic rings. The molecule has 1 aromatic carbocycles. The quantitative estimate of drug-likeness (QED) is 0.434. The lowest BCUT2D eigenvalue weighted by molar-refractivity contribution is 0.122. The lowest BCUT2D eigenvalue weighted by Crippen LogP contribution is -2.36. The fourth-order valence-electron chi connectivity index (χ4n) is 4.89. The Kier molecular flexibility index (Phi) is 6.65. The van der Waals surface area contributed by atoms with Crippen molar-refractivity contribution in [3.63, 3.8) is 0 Å². The Morgan fingerprint density at radius 3 is 2.69 bits per heavy atom. The van der Waals surface area contributed by atoms with E-state index in [9.17, 15) is 4.79 Å². The van der Waals surface area contributed by atoms with Crippen LogP contribution < -0.4 is 10.5 Å². The molecule has 1 aliphatic rings. The van der Waals surface area contributed by atoms with Crippen LogP contribution in [0.1, 0.15) is 17.3 Å². The maximum atomic E-state index is 13.6. The second-order valence-electron chi connectivity index (χ2n) is 9.32. The maximum Gasteiger partial charge on any atom is 0.251 e. The number of anilines is 1. The van der Waals surface area contributed by atoms with Gasteiger partial charge < -0.3 is 24.1 Å². The number of hydrogen-bond donors (Lipinski definition) is 1. The Balaban J connectivity index is 1.57. The molecule has 0 radical (unpaired) electrons. The van der Waals surface area contributed by atoms with Crippen molar-refractivity contribution in [3.8, 4) is 11.1 Å². The van der Waals surface area contributed by atoms with Crippen LogP contribution in [0.4, 0.5) is 5.69 Å². The van der Waals surface area contributed by atoms with E-state index >= 15 is 0 Å². The molecule has 1 atom stereocenters. The molecule has 8 heteroatoms. The Bertz CT molecular complexity index is 1400. The normalized spacial score (nSPS) is 15.2. The number of nitrogens with one attached hydrogen (secondary N) is 1. The molecule has 0 aliphatic carbocycles. The SMILES string of the molecule is Cc1cc(-c2c[nH]c3ncc(N4CCOCC4)cc23)cc(=O)n1[C@H](CN(C)C)c1cccc(Cl)c1. The number of pyridine rings is 2. The maximum absolute atomic E-state index is 13.6. The molecule has 35 heavy (non-hydrogen) atoms. The number of nitrogens with zero attached hydrogens (tertiary/aromatic N) is 4. The molecule has 7 nitrogen and oxygen atoms in total. The first kappa shape index (κ1) is 23.6. The smallest absolute Gasteiger partial charge is 0.251 e. The van der Waals surface area contributed by atoms with Gasteiger partial charge in [0.1, 0.15) is 5.65 Å². The zero-order valence-corrected chi connectivity index (χ0v) is 21.0. The van der Waals surface area contributed by atoms with Crippen molar-refractivity contribution < 1.29 is 4.74 Å². The average Bonchev–Trinajstić information content (AvgIpc) is 3.26. The van der Waals surface area contributed by atoms with Crippen molar-refractivity contribution in [1.82, 2.24) is 19.4 Å². The molecular formula is C27H30ClN5O2. The van der Waals surface area contributed by atoms with E-state index < -0.39 is 0 Å². The summed E-state index contributed by atoms with van der Waals surface area (Å²) < 4.78 is 7.35. The van der Waals surface area contributed by atoms with Gasteiger partial charge in [0.05, 0.1) is 31.1 Å². The van der Waals surface area contributed by atoms with E-state index in [0.29, 0.717) is 11.6 Å². The number of morpholine rings is 1. The number of rotatable bonds is 6. The Labute approximate surface area is 209 Å². The highest BCUT2D eigenvalue weighted by Crippen LogP contribution is 2.31. The zero-order valence-electron chi connectivity index (χ0n) is 20.3. The number of likely N-dealkylation sites (N-methyl/N-ethyl adjacent to an activating group) is 1. The predicted molar refractivity (Wildman–Crippen MR) is 142 cm³/mol. The lowest BCUT2D eigenvalue weighted by Gasteiger charge is -2.28. The second kappa shape index (κ2) is 9.85. The highest BCUT2D eigenvalue weighted by atomic mass is 35.5. The van der Waals surface area contributed by atoms with E-state index in [1.54, 1.807) is 6.07 Å². The summed E-state index contributed by atoms with van der Waals surface area (Å²) in [5.41, 5.74) is 5.59. The highest BCUT2D eigenvalue weighted by Gasteiger charge is 2.20. The van der Waals surface area contributed by atoms with E-state index in [2.05, 4.69) is 31.9 Å². The molecule has 5 rings (SSSR count). The minimum atomic E-state index is -0.150. The minimum Gasteiger partial charge on any atom is -0.378 e. The van der Waals surface area contributed by atoms with E-state index in [4.69, 9.17) is 16.3 Å². The molecule has 1 aliphatic heterocycles. The zero-order chi connectivity index (χ0) is 24.5. The summed E-state index contributed by atoms with van der Waals surface area (Å²) in [5, 5.41) is 1.67. The second-order valence-corrected chi connectivity index (χ2v) is 9.75. The van der Waals surface area contributed by atoms with Gasteiger partial charge in [-0.05, 0) is 56.4 Å². The molecule has 3 aromatic heterocycles. The van der Waals surface area contributed by atoms with Crippen LogP contribution in [0.5, 0.6) is 0 Å². The van der Waals surface area contributed by atoms with Gasteiger partial charge in [0.2, 0.25) is 0 Å². The number of hydrogen-bond acceptors (Lipinski definition) is 5. The Morgan fingerprint density at radius 2 is 1.97 bits per heavy atom. The molecule has 0 amide bonds. The number of fused-ring (bicyclic) bond motifs is 1. The molecule has 0 spiro atoms. The van der Waals surface area contributed by atoms with Gasteiger partial charge in [0.25, 0.3) is 5.56 Å². The number of aryl methyl sites for hydroxylation is 1. The molecule has 4 heterocycles. The van der Waals surface area contributed by atoms with Gasteiger partial charge in [0.15, 0.2) is 0 Å². The third-order valence-electron chi connectivity index (χ3n) is 6.55. The van der Waals surface area contributed by atoms with Crippen LogP contribution in [-0.4, -0.2) is 66.4 Å². The third kappa shape index (κ3) is 4.85. The van der Waals surface area contributed by atoms with Crippen LogP contribution in [0.3, 0.4) is 0 Å². The first-order valence-electron chi connectivity index (χ1n) is 11.8. The first-order valence-corrected chi connectivity index (χ1v) is 12.2. The van der Waals surface area contributed by atoms with E-state index in [1.807, 2.05) is 62.2 Å². The standard InChI is InChI=1S/C27H30ClN5O2/c1-18-11-20(13-26(34)33(18)25(17-31(2)3)19-5-4-6-21(28)12-19)24-16-30-27-23(24)14-22(15-29-27)32-7-9-35-10-8-32/h4-6,11-16,25H,7-10,17H2,1-3H3,(H,29,30)/t25-/m1/s1. The van der Waals surface area contributed by atoms with Crippen molar-refractivity contribution in [2.24, 2.45) is 0 Å². The number of aromatic nitrogens is 3. The molecule has 1 N–H and O–H groups in total.